The zero-order valence-corrected chi connectivity index (χ0v) is 8.49. The minimum atomic E-state index is -0.399. The summed E-state index contributed by atoms with van der Waals surface area (Å²) >= 11 is 0. The lowest BCUT2D eigenvalue weighted by atomic mass is 10.1. The number of rotatable bonds is 2. The van der Waals surface area contributed by atoms with Crippen molar-refractivity contribution < 1.29 is 4.92 Å². The number of nitrogens with zero attached hydrogens (tertiary/aromatic N) is 1. The van der Waals surface area contributed by atoms with Gasteiger partial charge in [0, 0.05) is 30.2 Å². The van der Waals surface area contributed by atoms with Crippen LogP contribution in [0.3, 0.4) is 0 Å². The third kappa shape index (κ3) is 3.08. The van der Waals surface area contributed by atoms with Gasteiger partial charge in [-0.25, -0.2) is 0 Å². The summed E-state index contributed by atoms with van der Waals surface area (Å²) in [7, 11) is 0. The minimum absolute atomic E-state index is 0.106. The molecule has 15 heavy (non-hydrogen) atoms. The van der Waals surface area contributed by atoms with E-state index in [4.69, 9.17) is 5.73 Å². The summed E-state index contributed by atoms with van der Waals surface area (Å²) in [4.78, 5) is 10.2. The van der Waals surface area contributed by atoms with Gasteiger partial charge in [0.2, 0.25) is 0 Å². The van der Waals surface area contributed by atoms with Gasteiger partial charge in [0.1, 0.15) is 0 Å². The molecule has 0 aromatic heterocycles. The van der Waals surface area contributed by atoms with Crippen LogP contribution >= 0.6 is 0 Å². The smallest absolute Gasteiger partial charge is 0.273 e. The number of benzene rings is 1. The Kier molecular flexibility index (Phi) is 3.83. The van der Waals surface area contributed by atoms with E-state index < -0.39 is 4.92 Å². The van der Waals surface area contributed by atoms with E-state index in [9.17, 15) is 10.1 Å². The molecule has 0 spiro atoms. The Bertz CT molecular complexity index is 430. The predicted octanol–water partition coefficient (Wildman–Crippen LogP) is 1.60. The van der Waals surface area contributed by atoms with Crippen LogP contribution in [0.25, 0.3) is 0 Å². The highest BCUT2D eigenvalue weighted by Crippen LogP contribution is 2.18. The molecule has 0 saturated heterocycles. The number of nitrogens with two attached hydrogens (primary N) is 1. The summed E-state index contributed by atoms with van der Waals surface area (Å²) in [5, 5.41) is 10.6. The molecule has 1 aromatic carbocycles. The normalized spacial score (nSPS) is 9.20. The lowest BCUT2D eigenvalue weighted by Crippen LogP contribution is -1.95. The lowest BCUT2D eigenvalue weighted by molar-refractivity contribution is -0.385. The van der Waals surface area contributed by atoms with Crippen molar-refractivity contribution in [2.75, 3.05) is 6.54 Å². The second-order valence-electron chi connectivity index (χ2n) is 3.10. The van der Waals surface area contributed by atoms with Crippen LogP contribution < -0.4 is 5.73 Å². The van der Waals surface area contributed by atoms with Gasteiger partial charge in [-0.1, -0.05) is 17.9 Å². The first-order valence-corrected chi connectivity index (χ1v) is 4.59. The molecule has 0 saturated carbocycles. The van der Waals surface area contributed by atoms with Crippen LogP contribution in [-0.2, 0) is 0 Å². The van der Waals surface area contributed by atoms with Crippen molar-refractivity contribution in [2.45, 2.75) is 13.3 Å². The quantitative estimate of drug-likeness (QED) is 0.452. The van der Waals surface area contributed by atoms with Crippen molar-refractivity contribution in [1.29, 1.82) is 0 Å². The first kappa shape index (κ1) is 11.2. The fraction of sp³-hybridized carbons (Fsp3) is 0.273. The van der Waals surface area contributed by atoms with Crippen molar-refractivity contribution in [3.63, 3.8) is 0 Å². The average Bonchev–Trinajstić information content (AvgIpc) is 2.20. The van der Waals surface area contributed by atoms with E-state index in [2.05, 4.69) is 11.8 Å². The zero-order chi connectivity index (χ0) is 11.3. The molecular weight excluding hydrogens is 192 g/mol. The minimum Gasteiger partial charge on any atom is -0.330 e. The van der Waals surface area contributed by atoms with Crippen molar-refractivity contribution in [3.8, 4) is 11.8 Å². The Labute approximate surface area is 88.2 Å². The number of hydrogen-bond acceptors (Lipinski definition) is 3. The third-order valence-electron chi connectivity index (χ3n) is 1.91. The highest BCUT2D eigenvalue weighted by Gasteiger charge is 2.09. The summed E-state index contributed by atoms with van der Waals surface area (Å²) < 4.78 is 0. The standard InChI is InChI=1S/C11H12N2O2/c1-9-5-6-10(4-2-3-7-12)8-11(9)13(14)15/h5-6,8H,3,7,12H2,1H3. The number of aryl methyl sites for hydroxylation is 1. The van der Waals surface area contributed by atoms with E-state index in [1.54, 1.807) is 19.1 Å². The monoisotopic (exact) mass is 204 g/mol. The van der Waals surface area contributed by atoms with Crippen molar-refractivity contribution in [3.05, 3.63) is 39.4 Å². The number of hydrogen-bond donors (Lipinski definition) is 1. The van der Waals surface area contributed by atoms with Gasteiger partial charge in [-0.15, -0.1) is 0 Å². The van der Waals surface area contributed by atoms with Crippen LogP contribution in [0.2, 0.25) is 0 Å². The molecule has 2 N–H and O–H groups in total. The second kappa shape index (κ2) is 5.13. The fourth-order valence-corrected chi connectivity index (χ4v) is 1.12. The summed E-state index contributed by atoms with van der Waals surface area (Å²) in [5.74, 6) is 5.67. The number of nitro benzene ring substituents is 1. The van der Waals surface area contributed by atoms with Crippen LogP contribution in [0, 0.1) is 28.9 Å². The molecule has 1 rings (SSSR count). The van der Waals surface area contributed by atoms with E-state index in [0.29, 0.717) is 24.1 Å². The van der Waals surface area contributed by atoms with Crippen LogP contribution in [0.15, 0.2) is 18.2 Å². The Morgan fingerprint density at radius 3 is 2.87 bits per heavy atom. The van der Waals surface area contributed by atoms with Gasteiger partial charge in [0.05, 0.1) is 4.92 Å². The van der Waals surface area contributed by atoms with Crippen molar-refractivity contribution in [2.24, 2.45) is 5.73 Å². The topological polar surface area (TPSA) is 69.2 Å². The SMILES string of the molecule is Cc1ccc(C#CCCN)cc1[N+](=O)[O-]. The molecule has 4 heteroatoms. The maximum atomic E-state index is 10.6. The van der Waals surface area contributed by atoms with Gasteiger partial charge >= 0.3 is 0 Å². The molecule has 78 valence electrons. The van der Waals surface area contributed by atoms with Crippen LogP contribution in [0.1, 0.15) is 17.5 Å². The van der Waals surface area contributed by atoms with Crippen molar-refractivity contribution in [1.82, 2.24) is 0 Å². The van der Waals surface area contributed by atoms with Crippen LogP contribution in [-0.4, -0.2) is 11.5 Å². The molecule has 0 aliphatic rings. The van der Waals surface area contributed by atoms with Crippen LogP contribution in [0.4, 0.5) is 5.69 Å². The molecule has 0 bridgehead atoms. The third-order valence-corrected chi connectivity index (χ3v) is 1.91. The first-order valence-electron chi connectivity index (χ1n) is 4.59. The summed E-state index contributed by atoms with van der Waals surface area (Å²) in [5.41, 5.74) is 6.69. The van der Waals surface area contributed by atoms with Gasteiger partial charge in [0.25, 0.3) is 5.69 Å². The average molecular weight is 204 g/mol. The summed E-state index contributed by atoms with van der Waals surface area (Å²) in [6.45, 7) is 2.20. The molecule has 4 nitrogen and oxygen atoms in total. The van der Waals surface area contributed by atoms with E-state index in [1.807, 2.05) is 0 Å². The molecule has 0 aliphatic carbocycles. The Morgan fingerprint density at radius 1 is 1.53 bits per heavy atom. The van der Waals surface area contributed by atoms with E-state index >= 15 is 0 Å². The van der Waals surface area contributed by atoms with E-state index in [-0.39, 0.29) is 5.69 Å². The number of nitro groups is 1. The molecule has 0 aliphatic heterocycles. The predicted molar refractivity (Wildman–Crippen MR) is 58.4 cm³/mol. The first-order chi connectivity index (χ1) is 7.15. The Balaban J connectivity index is 2.99. The Morgan fingerprint density at radius 2 is 2.27 bits per heavy atom. The second-order valence-corrected chi connectivity index (χ2v) is 3.10. The molecule has 0 fully saturated rings. The van der Waals surface area contributed by atoms with Gasteiger partial charge in [0.15, 0.2) is 0 Å². The summed E-state index contributed by atoms with van der Waals surface area (Å²) in [6.07, 6.45) is 0.599. The van der Waals surface area contributed by atoms with Gasteiger partial charge in [-0.2, -0.15) is 0 Å². The van der Waals surface area contributed by atoms with E-state index in [1.165, 1.54) is 6.07 Å². The van der Waals surface area contributed by atoms with Crippen molar-refractivity contribution >= 4 is 5.69 Å². The maximum Gasteiger partial charge on any atom is 0.273 e. The molecule has 0 radical (unpaired) electrons. The highest BCUT2D eigenvalue weighted by molar-refractivity contribution is 5.48. The molecule has 0 atom stereocenters. The fourth-order valence-electron chi connectivity index (χ4n) is 1.12. The van der Waals surface area contributed by atoms with Gasteiger partial charge in [-0.05, 0) is 13.0 Å². The molecule has 0 unspecified atom stereocenters. The molecular formula is C11H12N2O2. The molecule has 0 amide bonds. The summed E-state index contributed by atoms with van der Waals surface area (Å²) in [6, 6.07) is 4.95. The zero-order valence-electron chi connectivity index (χ0n) is 8.49. The highest BCUT2D eigenvalue weighted by atomic mass is 16.6. The molecule has 0 heterocycles. The largest absolute Gasteiger partial charge is 0.330 e. The maximum absolute atomic E-state index is 10.6. The van der Waals surface area contributed by atoms with Gasteiger partial charge in [-0.3, -0.25) is 10.1 Å². The van der Waals surface area contributed by atoms with Crippen LogP contribution in [0.5, 0.6) is 0 Å². The Hall–Kier alpha value is -1.86. The van der Waals surface area contributed by atoms with E-state index in [0.717, 1.165) is 0 Å². The lowest BCUT2D eigenvalue weighted by Gasteiger charge is -1.96. The molecule has 1 aromatic rings. The van der Waals surface area contributed by atoms with Gasteiger partial charge < -0.3 is 5.73 Å².